The lowest BCUT2D eigenvalue weighted by molar-refractivity contribution is 0.0970. The van der Waals surface area contributed by atoms with E-state index < -0.39 is 11.9 Å². The van der Waals surface area contributed by atoms with E-state index in [1.54, 1.807) is 24.3 Å². The molecule has 1 unspecified atom stereocenters. The van der Waals surface area contributed by atoms with Crippen LogP contribution in [0.2, 0.25) is 5.02 Å². The van der Waals surface area contributed by atoms with Gasteiger partial charge in [0, 0.05) is 5.02 Å². The van der Waals surface area contributed by atoms with Crippen molar-refractivity contribution >= 4 is 44.9 Å². The van der Waals surface area contributed by atoms with Crippen LogP contribution in [-0.2, 0) is 6.42 Å². The predicted octanol–water partition coefficient (Wildman–Crippen LogP) is 4.32. The molecule has 1 aliphatic rings. The molecule has 150 valence electrons. The number of anilines is 1. The SMILES string of the molecule is CCc1nnc(N2C(=O)c3oc4ccc(Cl)cc4c(=O)c3C2c2ccc(O)cc2)s1. The molecule has 0 fully saturated rings. The number of phenolic OH excluding ortho intramolecular Hbond substituents is 1. The first-order chi connectivity index (χ1) is 14.5. The summed E-state index contributed by atoms with van der Waals surface area (Å²) in [7, 11) is 0. The Morgan fingerprint density at radius 3 is 2.63 bits per heavy atom. The van der Waals surface area contributed by atoms with E-state index in [1.165, 1.54) is 34.4 Å². The van der Waals surface area contributed by atoms with Gasteiger partial charge in [-0.25, -0.2) is 0 Å². The second kappa shape index (κ2) is 6.93. The normalized spacial score (nSPS) is 15.7. The van der Waals surface area contributed by atoms with E-state index in [-0.39, 0.29) is 28.1 Å². The van der Waals surface area contributed by atoms with Crippen molar-refractivity contribution in [1.82, 2.24) is 10.2 Å². The number of aryl methyl sites for hydroxylation is 1. The average Bonchev–Trinajstić information content (AvgIpc) is 3.32. The third-order valence-corrected chi connectivity index (χ3v) is 6.31. The zero-order chi connectivity index (χ0) is 21.0. The highest BCUT2D eigenvalue weighted by Crippen LogP contribution is 2.42. The first-order valence-electron chi connectivity index (χ1n) is 9.19. The number of phenols is 1. The van der Waals surface area contributed by atoms with Crippen LogP contribution in [0.1, 0.15) is 39.7 Å². The van der Waals surface area contributed by atoms with Crippen LogP contribution in [0, 0.1) is 0 Å². The topological polar surface area (TPSA) is 96.5 Å². The number of carbonyl (C=O) groups is 1. The van der Waals surface area contributed by atoms with Gasteiger partial charge in [0.2, 0.25) is 10.9 Å². The fraction of sp³-hybridized carbons (Fsp3) is 0.143. The molecule has 2 aromatic heterocycles. The third-order valence-electron chi connectivity index (χ3n) is 5.01. The Morgan fingerprint density at radius 2 is 1.93 bits per heavy atom. The van der Waals surface area contributed by atoms with E-state index in [9.17, 15) is 14.7 Å². The standard InChI is InChI=1S/C21H14ClN3O4S/c1-2-15-23-24-21(30-15)25-17(10-3-6-12(26)7-4-10)16-18(27)13-9-11(22)5-8-14(13)29-19(16)20(25)28/h3-9,17,26H,2H2,1H3. The molecule has 5 rings (SSSR count). The summed E-state index contributed by atoms with van der Waals surface area (Å²) in [5, 5.41) is 19.8. The molecule has 4 aromatic rings. The Hall–Kier alpha value is -3.23. The van der Waals surface area contributed by atoms with Gasteiger partial charge in [-0.05, 0) is 42.3 Å². The van der Waals surface area contributed by atoms with E-state index in [0.29, 0.717) is 27.5 Å². The first-order valence-corrected chi connectivity index (χ1v) is 10.4. The molecule has 9 heteroatoms. The Bertz CT molecular complexity index is 1360. The Morgan fingerprint density at radius 1 is 1.17 bits per heavy atom. The molecule has 1 N–H and O–H groups in total. The van der Waals surface area contributed by atoms with Gasteiger partial charge in [-0.15, -0.1) is 10.2 Å². The molecule has 2 aromatic carbocycles. The van der Waals surface area contributed by atoms with Gasteiger partial charge in [0.25, 0.3) is 5.91 Å². The summed E-state index contributed by atoms with van der Waals surface area (Å²) in [5.74, 6) is -0.409. The van der Waals surface area contributed by atoms with Gasteiger partial charge in [0.15, 0.2) is 5.43 Å². The largest absolute Gasteiger partial charge is 0.508 e. The summed E-state index contributed by atoms with van der Waals surface area (Å²) >= 11 is 7.37. The van der Waals surface area contributed by atoms with Crippen molar-refractivity contribution in [2.75, 3.05) is 4.90 Å². The molecule has 0 saturated carbocycles. The molecule has 0 bridgehead atoms. The van der Waals surface area contributed by atoms with Crippen LogP contribution in [0.3, 0.4) is 0 Å². The van der Waals surface area contributed by atoms with Crippen molar-refractivity contribution in [3.05, 3.63) is 79.6 Å². The van der Waals surface area contributed by atoms with Crippen molar-refractivity contribution in [1.29, 1.82) is 0 Å². The molecule has 0 saturated heterocycles. The summed E-state index contributed by atoms with van der Waals surface area (Å²) in [6.07, 6.45) is 0.677. The minimum Gasteiger partial charge on any atom is -0.508 e. The van der Waals surface area contributed by atoms with Gasteiger partial charge in [0.05, 0.1) is 17.0 Å². The molecule has 30 heavy (non-hydrogen) atoms. The molecule has 1 aliphatic heterocycles. The summed E-state index contributed by atoms with van der Waals surface area (Å²) in [6, 6.07) is 10.3. The lowest BCUT2D eigenvalue weighted by Crippen LogP contribution is -2.29. The van der Waals surface area contributed by atoms with Gasteiger partial charge in [0.1, 0.15) is 16.3 Å². The first kappa shape index (κ1) is 18.8. The monoisotopic (exact) mass is 439 g/mol. The minimum atomic E-state index is -0.759. The van der Waals surface area contributed by atoms with E-state index in [1.807, 2.05) is 6.92 Å². The van der Waals surface area contributed by atoms with E-state index in [4.69, 9.17) is 16.0 Å². The zero-order valence-electron chi connectivity index (χ0n) is 15.6. The Labute approximate surface area is 179 Å². The van der Waals surface area contributed by atoms with Crippen LogP contribution < -0.4 is 10.3 Å². The number of benzene rings is 2. The van der Waals surface area contributed by atoms with Crippen molar-refractivity contribution in [2.45, 2.75) is 19.4 Å². The highest BCUT2D eigenvalue weighted by Gasteiger charge is 2.45. The highest BCUT2D eigenvalue weighted by atomic mass is 35.5. The van der Waals surface area contributed by atoms with Crippen LogP contribution in [0.5, 0.6) is 5.75 Å². The summed E-state index contributed by atoms with van der Waals surface area (Å²) in [5.41, 5.74) is 0.813. The summed E-state index contributed by atoms with van der Waals surface area (Å²) in [6.45, 7) is 1.95. The molecular formula is C21H14ClN3O4S. The van der Waals surface area contributed by atoms with Crippen LogP contribution in [0.15, 0.2) is 51.7 Å². The number of nitrogens with zero attached hydrogens (tertiary/aromatic N) is 3. The lowest BCUT2D eigenvalue weighted by Gasteiger charge is -2.22. The van der Waals surface area contributed by atoms with Gasteiger partial charge in [-0.3, -0.25) is 14.5 Å². The predicted molar refractivity (Wildman–Crippen MR) is 114 cm³/mol. The number of hydrogen-bond acceptors (Lipinski definition) is 7. The second-order valence-electron chi connectivity index (χ2n) is 6.82. The number of hydrogen-bond donors (Lipinski definition) is 1. The molecule has 1 atom stereocenters. The Balaban J connectivity index is 1.80. The van der Waals surface area contributed by atoms with Gasteiger partial charge >= 0.3 is 0 Å². The van der Waals surface area contributed by atoms with Crippen LogP contribution in [0.4, 0.5) is 5.13 Å². The fourth-order valence-corrected chi connectivity index (χ4v) is 4.58. The Kier molecular flexibility index (Phi) is 4.34. The number of aromatic hydroxyl groups is 1. The molecule has 0 aliphatic carbocycles. The number of rotatable bonds is 3. The van der Waals surface area contributed by atoms with Crippen molar-refractivity contribution in [3.8, 4) is 5.75 Å². The van der Waals surface area contributed by atoms with Crippen LogP contribution in [-0.4, -0.2) is 21.2 Å². The molecule has 3 heterocycles. The lowest BCUT2D eigenvalue weighted by atomic mass is 9.98. The van der Waals surface area contributed by atoms with Gasteiger partial charge in [-0.1, -0.05) is 42.0 Å². The van der Waals surface area contributed by atoms with Crippen molar-refractivity contribution in [2.24, 2.45) is 0 Å². The molecule has 0 spiro atoms. The zero-order valence-corrected chi connectivity index (χ0v) is 17.2. The van der Waals surface area contributed by atoms with Crippen molar-refractivity contribution < 1.29 is 14.3 Å². The molecule has 1 amide bonds. The van der Waals surface area contributed by atoms with Gasteiger partial charge in [-0.2, -0.15) is 0 Å². The smallest absolute Gasteiger partial charge is 0.297 e. The number of aromatic nitrogens is 2. The summed E-state index contributed by atoms with van der Waals surface area (Å²) < 4.78 is 5.87. The fourth-order valence-electron chi connectivity index (χ4n) is 3.60. The van der Waals surface area contributed by atoms with Gasteiger partial charge < -0.3 is 9.52 Å². The number of amides is 1. The van der Waals surface area contributed by atoms with E-state index in [2.05, 4.69) is 10.2 Å². The third kappa shape index (κ3) is 2.79. The maximum Gasteiger partial charge on any atom is 0.297 e. The van der Waals surface area contributed by atoms with Crippen LogP contribution in [0.25, 0.3) is 11.0 Å². The van der Waals surface area contributed by atoms with E-state index in [0.717, 1.165) is 5.01 Å². The average molecular weight is 440 g/mol. The second-order valence-corrected chi connectivity index (χ2v) is 8.29. The molecule has 0 radical (unpaired) electrons. The quantitative estimate of drug-likeness (QED) is 0.510. The van der Waals surface area contributed by atoms with Crippen molar-refractivity contribution in [3.63, 3.8) is 0 Å². The van der Waals surface area contributed by atoms with Crippen LogP contribution >= 0.6 is 22.9 Å². The molecule has 7 nitrogen and oxygen atoms in total. The summed E-state index contributed by atoms with van der Waals surface area (Å²) in [4.78, 5) is 28.2. The van der Waals surface area contributed by atoms with E-state index >= 15 is 0 Å². The maximum absolute atomic E-state index is 13.4. The number of fused-ring (bicyclic) bond motifs is 2. The number of halogens is 1. The highest BCUT2D eigenvalue weighted by molar-refractivity contribution is 7.15. The molecular weight excluding hydrogens is 426 g/mol. The minimum absolute atomic E-state index is 0.0267. The number of carbonyl (C=O) groups excluding carboxylic acids is 1. The maximum atomic E-state index is 13.4.